The van der Waals surface area contributed by atoms with Crippen molar-refractivity contribution in [2.75, 3.05) is 6.61 Å². The van der Waals surface area contributed by atoms with Crippen molar-refractivity contribution in [1.29, 1.82) is 0 Å². The summed E-state index contributed by atoms with van der Waals surface area (Å²) in [6.07, 6.45) is 3.63. The second-order valence-electron chi connectivity index (χ2n) is 4.37. The topological polar surface area (TPSA) is 58.6 Å². The summed E-state index contributed by atoms with van der Waals surface area (Å²) in [5, 5.41) is 12.1. The van der Waals surface area contributed by atoms with Gasteiger partial charge in [0.15, 0.2) is 0 Å². The molecular formula is C11H21NO3. The number of ether oxygens (including phenoxy) is 1. The number of carbonyl (C=O) groups excluding carboxylic acids is 1. The summed E-state index contributed by atoms with van der Waals surface area (Å²) in [7, 11) is 0. The molecule has 0 aromatic heterocycles. The van der Waals surface area contributed by atoms with Crippen molar-refractivity contribution in [3.8, 4) is 0 Å². The lowest BCUT2D eigenvalue weighted by Gasteiger charge is -2.26. The monoisotopic (exact) mass is 215 g/mol. The number of nitrogens with one attached hydrogen (secondary N) is 1. The van der Waals surface area contributed by atoms with Gasteiger partial charge in [0.2, 0.25) is 5.91 Å². The van der Waals surface area contributed by atoms with Crippen LogP contribution >= 0.6 is 0 Å². The van der Waals surface area contributed by atoms with Crippen LogP contribution in [0.1, 0.15) is 39.5 Å². The molecule has 1 rings (SSSR count). The third-order valence-electron chi connectivity index (χ3n) is 2.68. The van der Waals surface area contributed by atoms with E-state index in [0.717, 1.165) is 25.7 Å². The summed E-state index contributed by atoms with van der Waals surface area (Å²) in [6, 6.07) is 0.0642. The Hall–Kier alpha value is -0.610. The van der Waals surface area contributed by atoms with E-state index < -0.39 is 0 Å². The lowest BCUT2D eigenvalue weighted by atomic mass is 9.95. The van der Waals surface area contributed by atoms with Gasteiger partial charge in [-0.1, -0.05) is 0 Å². The maximum atomic E-state index is 10.7. The van der Waals surface area contributed by atoms with Gasteiger partial charge in [0.05, 0.1) is 18.8 Å². The van der Waals surface area contributed by atoms with Gasteiger partial charge < -0.3 is 15.2 Å². The lowest BCUT2D eigenvalue weighted by molar-refractivity contribution is -0.120. The molecule has 0 aromatic carbocycles. The highest BCUT2D eigenvalue weighted by molar-refractivity contribution is 5.73. The molecule has 0 spiro atoms. The third kappa shape index (κ3) is 5.14. The molecule has 0 aliphatic heterocycles. The van der Waals surface area contributed by atoms with Crippen molar-refractivity contribution in [2.45, 2.75) is 57.8 Å². The standard InChI is InChI=1S/C11H21NO3/c1-8(12-9(2)13)7-15-11-5-3-10(14)4-6-11/h8,10-11,14H,3-7H2,1-2H3,(H,12,13)/t8-,10-,11+/m0/s1. The van der Waals surface area contributed by atoms with Crippen LogP contribution in [0.2, 0.25) is 0 Å². The van der Waals surface area contributed by atoms with Crippen LogP contribution in [0.25, 0.3) is 0 Å². The Kier molecular flexibility index (Phi) is 5.05. The predicted molar refractivity (Wildman–Crippen MR) is 57.5 cm³/mol. The molecule has 2 N–H and O–H groups in total. The van der Waals surface area contributed by atoms with Crippen molar-refractivity contribution in [2.24, 2.45) is 0 Å². The fourth-order valence-electron chi connectivity index (χ4n) is 1.88. The molecule has 4 heteroatoms. The van der Waals surface area contributed by atoms with Crippen LogP contribution < -0.4 is 5.32 Å². The van der Waals surface area contributed by atoms with Crippen LogP contribution in [0.4, 0.5) is 0 Å². The average molecular weight is 215 g/mol. The van der Waals surface area contributed by atoms with Crippen LogP contribution in [-0.4, -0.2) is 35.9 Å². The van der Waals surface area contributed by atoms with Crippen molar-refractivity contribution < 1.29 is 14.6 Å². The van der Waals surface area contributed by atoms with Crippen LogP contribution in [0.3, 0.4) is 0 Å². The van der Waals surface area contributed by atoms with E-state index in [1.165, 1.54) is 6.92 Å². The lowest BCUT2D eigenvalue weighted by Crippen LogP contribution is -2.36. The van der Waals surface area contributed by atoms with E-state index in [4.69, 9.17) is 4.74 Å². The summed E-state index contributed by atoms with van der Waals surface area (Å²) in [5.41, 5.74) is 0. The number of hydrogen-bond acceptors (Lipinski definition) is 3. The minimum atomic E-state index is -0.141. The van der Waals surface area contributed by atoms with Gasteiger partial charge in [0, 0.05) is 13.0 Å². The molecule has 0 heterocycles. The number of amides is 1. The molecule has 0 saturated heterocycles. The van der Waals surface area contributed by atoms with Gasteiger partial charge in [-0.3, -0.25) is 4.79 Å². The van der Waals surface area contributed by atoms with Crippen LogP contribution in [0, 0.1) is 0 Å². The first kappa shape index (κ1) is 12.5. The summed E-state index contributed by atoms with van der Waals surface area (Å²) < 4.78 is 5.67. The smallest absolute Gasteiger partial charge is 0.217 e. The zero-order valence-electron chi connectivity index (χ0n) is 9.53. The highest BCUT2D eigenvalue weighted by Gasteiger charge is 2.20. The SMILES string of the molecule is CC(=O)N[C@@H](C)CO[C@H]1CC[C@@H](O)CC1. The first-order chi connectivity index (χ1) is 7.08. The fourth-order valence-corrected chi connectivity index (χ4v) is 1.88. The van der Waals surface area contributed by atoms with E-state index in [0.29, 0.717) is 6.61 Å². The second kappa shape index (κ2) is 6.08. The van der Waals surface area contributed by atoms with Gasteiger partial charge in [-0.05, 0) is 32.6 Å². The number of rotatable bonds is 4. The Morgan fingerprint density at radius 1 is 1.47 bits per heavy atom. The van der Waals surface area contributed by atoms with E-state index in [-0.39, 0.29) is 24.2 Å². The van der Waals surface area contributed by atoms with Crippen LogP contribution in [0.5, 0.6) is 0 Å². The number of aliphatic hydroxyl groups excluding tert-OH is 1. The fraction of sp³-hybridized carbons (Fsp3) is 0.909. The van der Waals surface area contributed by atoms with E-state index in [1.54, 1.807) is 0 Å². The molecule has 1 aliphatic rings. The number of hydrogen-bond donors (Lipinski definition) is 2. The molecule has 1 amide bonds. The summed E-state index contributed by atoms with van der Waals surface area (Å²) in [4.78, 5) is 10.7. The van der Waals surface area contributed by atoms with Crippen molar-refractivity contribution in [3.63, 3.8) is 0 Å². The number of aliphatic hydroxyl groups is 1. The largest absolute Gasteiger partial charge is 0.393 e. The van der Waals surface area contributed by atoms with Crippen LogP contribution in [-0.2, 0) is 9.53 Å². The normalized spacial score (nSPS) is 28.5. The first-order valence-corrected chi connectivity index (χ1v) is 5.64. The molecule has 1 atom stereocenters. The van der Waals surface area contributed by atoms with Gasteiger partial charge >= 0.3 is 0 Å². The van der Waals surface area contributed by atoms with Crippen LogP contribution in [0.15, 0.2) is 0 Å². The zero-order chi connectivity index (χ0) is 11.3. The van der Waals surface area contributed by atoms with Gasteiger partial charge in [0.25, 0.3) is 0 Å². The van der Waals surface area contributed by atoms with E-state index >= 15 is 0 Å². The summed E-state index contributed by atoms with van der Waals surface area (Å²) >= 11 is 0. The molecule has 1 aliphatic carbocycles. The summed E-state index contributed by atoms with van der Waals surface area (Å²) in [5.74, 6) is -0.0230. The highest BCUT2D eigenvalue weighted by atomic mass is 16.5. The maximum Gasteiger partial charge on any atom is 0.217 e. The Morgan fingerprint density at radius 2 is 2.07 bits per heavy atom. The molecule has 0 radical (unpaired) electrons. The molecule has 0 unspecified atom stereocenters. The third-order valence-corrected chi connectivity index (χ3v) is 2.68. The predicted octanol–water partition coefficient (Wildman–Crippen LogP) is 0.831. The quantitative estimate of drug-likeness (QED) is 0.730. The highest BCUT2D eigenvalue weighted by Crippen LogP contribution is 2.20. The molecule has 1 fully saturated rings. The van der Waals surface area contributed by atoms with Crippen molar-refractivity contribution >= 4 is 5.91 Å². The Labute approximate surface area is 91.0 Å². The molecule has 0 bridgehead atoms. The Bertz CT molecular complexity index is 200. The summed E-state index contributed by atoms with van der Waals surface area (Å²) in [6.45, 7) is 3.99. The first-order valence-electron chi connectivity index (χ1n) is 5.64. The van der Waals surface area contributed by atoms with Gasteiger partial charge in [0.1, 0.15) is 0 Å². The zero-order valence-corrected chi connectivity index (χ0v) is 9.53. The van der Waals surface area contributed by atoms with Gasteiger partial charge in [-0.15, -0.1) is 0 Å². The molecule has 4 nitrogen and oxygen atoms in total. The average Bonchev–Trinajstić information content (AvgIpc) is 2.16. The Morgan fingerprint density at radius 3 is 2.60 bits per heavy atom. The Balaban J connectivity index is 2.11. The van der Waals surface area contributed by atoms with Crippen molar-refractivity contribution in [1.82, 2.24) is 5.32 Å². The minimum absolute atomic E-state index is 0.0230. The minimum Gasteiger partial charge on any atom is -0.393 e. The number of carbonyl (C=O) groups is 1. The molecule has 88 valence electrons. The molecular weight excluding hydrogens is 194 g/mol. The molecule has 1 saturated carbocycles. The van der Waals surface area contributed by atoms with E-state index in [2.05, 4.69) is 5.32 Å². The maximum absolute atomic E-state index is 10.7. The van der Waals surface area contributed by atoms with Gasteiger partial charge in [-0.25, -0.2) is 0 Å². The van der Waals surface area contributed by atoms with Crippen molar-refractivity contribution in [3.05, 3.63) is 0 Å². The second-order valence-corrected chi connectivity index (χ2v) is 4.37. The van der Waals surface area contributed by atoms with E-state index in [9.17, 15) is 9.90 Å². The van der Waals surface area contributed by atoms with Gasteiger partial charge in [-0.2, -0.15) is 0 Å². The molecule has 15 heavy (non-hydrogen) atoms. The molecule has 0 aromatic rings. The van der Waals surface area contributed by atoms with E-state index in [1.807, 2.05) is 6.92 Å².